The maximum atomic E-state index is 13.3. The van der Waals surface area contributed by atoms with Crippen LogP contribution >= 0.6 is 11.6 Å². The zero-order valence-electron chi connectivity index (χ0n) is 11.8. The average Bonchev–Trinajstić information content (AvgIpc) is 2.77. The van der Waals surface area contributed by atoms with E-state index in [1.807, 2.05) is 13.8 Å². The number of hydrogen-bond acceptors (Lipinski definition) is 3. The van der Waals surface area contributed by atoms with Crippen LogP contribution in [-0.4, -0.2) is 9.78 Å². The highest BCUT2D eigenvalue weighted by molar-refractivity contribution is 6.31. The summed E-state index contributed by atoms with van der Waals surface area (Å²) in [6, 6.07) is 3.07. The molecule has 0 aliphatic carbocycles. The lowest BCUT2D eigenvalue weighted by molar-refractivity contribution is 0.446. The number of hydrazine groups is 1. The molecule has 0 fully saturated rings. The van der Waals surface area contributed by atoms with Crippen molar-refractivity contribution in [3.8, 4) is 0 Å². The first-order valence-electron chi connectivity index (χ1n) is 6.56. The van der Waals surface area contributed by atoms with E-state index in [9.17, 15) is 8.78 Å². The third-order valence-electron chi connectivity index (χ3n) is 3.17. The highest BCUT2D eigenvalue weighted by Crippen LogP contribution is 2.27. The fourth-order valence-electron chi connectivity index (χ4n) is 2.29. The number of halogens is 3. The molecule has 3 N–H and O–H groups in total. The van der Waals surface area contributed by atoms with Crippen molar-refractivity contribution in [2.45, 2.75) is 32.4 Å². The Morgan fingerprint density at radius 2 is 1.90 bits per heavy atom. The van der Waals surface area contributed by atoms with Gasteiger partial charge < -0.3 is 0 Å². The van der Waals surface area contributed by atoms with Crippen molar-refractivity contribution in [2.75, 3.05) is 0 Å². The van der Waals surface area contributed by atoms with Gasteiger partial charge >= 0.3 is 0 Å². The van der Waals surface area contributed by atoms with E-state index in [-0.39, 0.29) is 6.04 Å². The van der Waals surface area contributed by atoms with Gasteiger partial charge in [0.1, 0.15) is 11.6 Å². The van der Waals surface area contributed by atoms with E-state index in [0.717, 1.165) is 6.07 Å². The Labute approximate surface area is 126 Å². The first-order chi connectivity index (χ1) is 9.92. The number of nitrogens with two attached hydrogens (primary N) is 1. The standard InChI is InChI=1S/C14H17ClF2N4/c1-8(2)21-14(12(15)7-19-21)13(20-18)5-9-3-10(16)6-11(17)4-9/h3-4,6-8,13,20H,5,18H2,1-2H3. The number of rotatable bonds is 5. The van der Waals surface area contributed by atoms with Crippen LogP contribution in [0.3, 0.4) is 0 Å². The Morgan fingerprint density at radius 3 is 2.43 bits per heavy atom. The predicted molar refractivity (Wildman–Crippen MR) is 77.7 cm³/mol. The molecule has 7 heteroatoms. The molecular formula is C14H17ClF2N4. The van der Waals surface area contributed by atoms with Gasteiger partial charge in [-0.2, -0.15) is 5.10 Å². The van der Waals surface area contributed by atoms with Crippen LogP contribution in [0.15, 0.2) is 24.4 Å². The largest absolute Gasteiger partial charge is 0.271 e. The lowest BCUT2D eigenvalue weighted by atomic mass is 10.0. The van der Waals surface area contributed by atoms with Crippen molar-refractivity contribution in [2.24, 2.45) is 5.84 Å². The minimum atomic E-state index is -0.621. The number of nitrogens with zero attached hydrogens (tertiary/aromatic N) is 2. The fraction of sp³-hybridized carbons (Fsp3) is 0.357. The first-order valence-corrected chi connectivity index (χ1v) is 6.94. The van der Waals surface area contributed by atoms with Crippen LogP contribution in [0.25, 0.3) is 0 Å². The molecule has 1 heterocycles. The number of benzene rings is 1. The van der Waals surface area contributed by atoms with Gasteiger partial charge in [-0.15, -0.1) is 0 Å². The molecule has 4 nitrogen and oxygen atoms in total. The summed E-state index contributed by atoms with van der Waals surface area (Å²) in [5.74, 6) is 4.35. The van der Waals surface area contributed by atoms with Crippen molar-refractivity contribution in [3.05, 3.63) is 52.3 Å². The molecule has 2 rings (SSSR count). The van der Waals surface area contributed by atoms with Crippen molar-refractivity contribution in [1.82, 2.24) is 15.2 Å². The van der Waals surface area contributed by atoms with Gasteiger partial charge in [0.25, 0.3) is 0 Å². The molecule has 21 heavy (non-hydrogen) atoms. The van der Waals surface area contributed by atoms with E-state index < -0.39 is 17.7 Å². The van der Waals surface area contributed by atoms with Gasteiger partial charge in [-0.25, -0.2) is 8.78 Å². The number of hydrogen-bond donors (Lipinski definition) is 2. The molecule has 0 bridgehead atoms. The first kappa shape index (κ1) is 15.9. The second-order valence-electron chi connectivity index (χ2n) is 5.12. The van der Waals surface area contributed by atoms with Gasteiger partial charge in [-0.1, -0.05) is 11.6 Å². The SMILES string of the molecule is CC(C)n1ncc(Cl)c1C(Cc1cc(F)cc(F)c1)NN. The van der Waals surface area contributed by atoms with E-state index in [1.165, 1.54) is 18.3 Å². The third-order valence-corrected chi connectivity index (χ3v) is 3.46. The lowest BCUT2D eigenvalue weighted by Gasteiger charge is -2.20. The Morgan fingerprint density at radius 1 is 1.29 bits per heavy atom. The van der Waals surface area contributed by atoms with Crippen molar-refractivity contribution in [3.63, 3.8) is 0 Å². The van der Waals surface area contributed by atoms with Gasteiger partial charge in [-0.05, 0) is 38.0 Å². The molecule has 0 saturated heterocycles. The van der Waals surface area contributed by atoms with Crippen LogP contribution in [0, 0.1) is 11.6 Å². The van der Waals surface area contributed by atoms with Crippen LogP contribution in [0.1, 0.15) is 37.2 Å². The molecule has 1 atom stereocenters. The van der Waals surface area contributed by atoms with Crippen molar-refractivity contribution < 1.29 is 8.78 Å². The average molecular weight is 315 g/mol. The smallest absolute Gasteiger partial charge is 0.126 e. The Kier molecular flexibility index (Phi) is 4.92. The van der Waals surface area contributed by atoms with Crippen LogP contribution in [0.4, 0.5) is 8.78 Å². The van der Waals surface area contributed by atoms with Gasteiger partial charge in [-0.3, -0.25) is 16.0 Å². The summed E-state index contributed by atoms with van der Waals surface area (Å²) in [4.78, 5) is 0. The van der Waals surface area contributed by atoms with E-state index in [4.69, 9.17) is 17.4 Å². The summed E-state index contributed by atoms with van der Waals surface area (Å²) < 4.78 is 28.3. The minimum Gasteiger partial charge on any atom is -0.271 e. The zero-order chi connectivity index (χ0) is 15.6. The summed E-state index contributed by atoms with van der Waals surface area (Å²) in [7, 11) is 0. The quantitative estimate of drug-likeness (QED) is 0.658. The Bertz CT molecular complexity index is 607. The molecule has 0 amide bonds. The molecule has 0 saturated carbocycles. The highest BCUT2D eigenvalue weighted by atomic mass is 35.5. The van der Waals surface area contributed by atoms with Gasteiger partial charge in [0.05, 0.1) is 23.0 Å². The van der Waals surface area contributed by atoms with E-state index in [2.05, 4.69) is 10.5 Å². The zero-order valence-corrected chi connectivity index (χ0v) is 12.5. The highest BCUT2D eigenvalue weighted by Gasteiger charge is 2.21. The Hall–Kier alpha value is -1.50. The molecule has 1 aromatic heterocycles. The van der Waals surface area contributed by atoms with Crippen LogP contribution in [-0.2, 0) is 6.42 Å². The monoisotopic (exact) mass is 314 g/mol. The number of aromatic nitrogens is 2. The molecule has 114 valence electrons. The van der Waals surface area contributed by atoms with Gasteiger partial charge in [0.15, 0.2) is 0 Å². The van der Waals surface area contributed by atoms with Gasteiger partial charge in [0.2, 0.25) is 0 Å². The lowest BCUT2D eigenvalue weighted by Crippen LogP contribution is -2.32. The molecule has 0 spiro atoms. The van der Waals surface area contributed by atoms with Gasteiger partial charge in [0, 0.05) is 12.1 Å². The normalized spacial score (nSPS) is 12.9. The molecule has 0 aliphatic rings. The third kappa shape index (κ3) is 3.58. The van der Waals surface area contributed by atoms with E-state index >= 15 is 0 Å². The summed E-state index contributed by atoms with van der Waals surface area (Å²) in [6.45, 7) is 3.92. The maximum absolute atomic E-state index is 13.3. The summed E-state index contributed by atoms with van der Waals surface area (Å²) in [6.07, 6.45) is 1.83. The second-order valence-corrected chi connectivity index (χ2v) is 5.52. The molecule has 0 radical (unpaired) electrons. The van der Waals surface area contributed by atoms with Crippen LogP contribution < -0.4 is 11.3 Å². The summed E-state index contributed by atoms with van der Waals surface area (Å²) in [5, 5.41) is 4.66. The fourth-order valence-corrected chi connectivity index (χ4v) is 2.55. The molecule has 0 aliphatic heterocycles. The molecule has 1 unspecified atom stereocenters. The van der Waals surface area contributed by atoms with E-state index in [0.29, 0.717) is 22.7 Å². The number of nitrogens with one attached hydrogen (secondary N) is 1. The second kappa shape index (κ2) is 6.51. The molecule has 1 aromatic carbocycles. The van der Waals surface area contributed by atoms with Crippen LogP contribution in [0.5, 0.6) is 0 Å². The van der Waals surface area contributed by atoms with Crippen molar-refractivity contribution >= 4 is 11.6 Å². The topological polar surface area (TPSA) is 55.9 Å². The predicted octanol–water partition coefficient (Wildman–Crippen LogP) is 3.14. The Balaban J connectivity index is 2.34. The molecule has 2 aromatic rings. The maximum Gasteiger partial charge on any atom is 0.126 e. The van der Waals surface area contributed by atoms with E-state index in [1.54, 1.807) is 4.68 Å². The minimum absolute atomic E-state index is 0.0904. The summed E-state index contributed by atoms with van der Waals surface area (Å²) >= 11 is 6.16. The van der Waals surface area contributed by atoms with Crippen LogP contribution in [0.2, 0.25) is 5.02 Å². The van der Waals surface area contributed by atoms with Crippen molar-refractivity contribution in [1.29, 1.82) is 0 Å². The summed E-state index contributed by atoms with van der Waals surface area (Å²) in [5.41, 5.74) is 3.82. The molecular weight excluding hydrogens is 298 g/mol.